The van der Waals surface area contributed by atoms with Gasteiger partial charge in [-0.3, -0.25) is 4.79 Å². The molecule has 84 valence electrons. The van der Waals surface area contributed by atoms with Crippen LogP contribution >= 0.6 is 0 Å². The van der Waals surface area contributed by atoms with Crippen molar-refractivity contribution in [2.45, 2.75) is 33.1 Å². The minimum atomic E-state index is -4.28. The van der Waals surface area contributed by atoms with Gasteiger partial charge in [0.05, 0.1) is 5.41 Å². The lowest BCUT2D eigenvalue weighted by Crippen LogP contribution is -2.35. The van der Waals surface area contributed by atoms with E-state index in [4.69, 9.17) is 0 Å². The molecule has 0 fully saturated rings. The normalized spacial score (nSPS) is 13.1. The second kappa shape index (κ2) is 4.14. The first-order valence-electron chi connectivity index (χ1n) is 3.90. The molecule has 0 saturated heterocycles. The Kier molecular flexibility index (Phi) is 3.91. The van der Waals surface area contributed by atoms with Crippen molar-refractivity contribution < 1.29 is 27.1 Å². The van der Waals surface area contributed by atoms with Gasteiger partial charge in [0.1, 0.15) is 0 Å². The Balaban J connectivity index is 4.14. The van der Waals surface area contributed by atoms with Crippen LogP contribution in [0.3, 0.4) is 0 Å². The zero-order valence-corrected chi connectivity index (χ0v) is 8.11. The van der Waals surface area contributed by atoms with E-state index < -0.39 is 30.3 Å². The minimum absolute atomic E-state index is 0.933. The topological polar surface area (TPSA) is 26.3 Å². The molecule has 14 heavy (non-hydrogen) atoms. The minimum Gasteiger partial charge on any atom is -0.459 e. The molecular formula is C8H12F4O2. The fourth-order valence-corrected chi connectivity index (χ4v) is 0.441. The van der Waals surface area contributed by atoms with Crippen LogP contribution in [0.5, 0.6) is 0 Å². The summed E-state index contributed by atoms with van der Waals surface area (Å²) >= 11 is 0. The number of halogens is 4. The molecule has 0 aliphatic carbocycles. The van der Waals surface area contributed by atoms with Crippen molar-refractivity contribution in [3.8, 4) is 0 Å². The molecule has 0 aromatic heterocycles. The van der Waals surface area contributed by atoms with Gasteiger partial charge in [-0.2, -0.15) is 8.78 Å². The highest BCUT2D eigenvalue weighted by Gasteiger charge is 2.43. The molecule has 0 aliphatic heterocycles. The van der Waals surface area contributed by atoms with Crippen molar-refractivity contribution in [2.75, 3.05) is 6.61 Å². The molecule has 0 atom stereocenters. The monoisotopic (exact) mass is 216 g/mol. The molecule has 2 nitrogen and oxygen atoms in total. The molecule has 0 N–H and O–H groups in total. The molecule has 0 amide bonds. The van der Waals surface area contributed by atoms with Crippen molar-refractivity contribution in [1.29, 1.82) is 0 Å². The van der Waals surface area contributed by atoms with Crippen LogP contribution in [-0.4, -0.2) is 24.9 Å². The smallest absolute Gasteiger partial charge is 0.340 e. The summed E-state index contributed by atoms with van der Waals surface area (Å²) in [5.41, 5.74) is -0.974. The van der Waals surface area contributed by atoms with Crippen molar-refractivity contribution in [3.05, 3.63) is 0 Å². The lowest BCUT2D eigenvalue weighted by atomic mass is 9.97. The lowest BCUT2D eigenvalue weighted by molar-refractivity contribution is -0.185. The van der Waals surface area contributed by atoms with Crippen LogP contribution in [0.15, 0.2) is 0 Å². The summed E-state index contributed by atoms with van der Waals surface area (Å²) in [6.45, 7) is 2.74. The highest BCUT2D eigenvalue weighted by atomic mass is 19.3. The average molecular weight is 216 g/mol. The van der Waals surface area contributed by atoms with Crippen LogP contribution in [0.4, 0.5) is 17.6 Å². The summed E-state index contributed by atoms with van der Waals surface area (Å²) in [6, 6.07) is 0. The van der Waals surface area contributed by atoms with Crippen LogP contribution in [0.25, 0.3) is 0 Å². The third-order valence-electron chi connectivity index (χ3n) is 1.33. The zero-order valence-electron chi connectivity index (χ0n) is 8.11. The molecule has 0 bridgehead atoms. The first kappa shape index (κ1) is 13.2. The van der Waals surface area contributed by atoms with Gasteiger partial charge < -0.3 is 4.74 Å². The third kappa shape index (κ3) is 3.93. The fraction of sp³-hybridized carbons (Fsp3) is 0.875. The van der Waals surface area contributed by atoms with E-state index in [1.54, 1.807) is 0 Å². The summed E-state index contributed by atoms with van der Waals surface area (Å²) in [4.78, 5) is 10.9. The molecule has 0 aliphatic rings. The van der Waals surface area contributed by atoms with E-state index in [2.05, 4.69) is 4.74 Å². The Hall–Kier alpha value is -0.810. The molecule has 0 spiro atoms. The maximum Gasteiger partial charge on any atom is 0.340 e. The maximum absolute atomic E-state index is 12.3. The molecule has 0 radical (unpaired) electrons. The van der Waals surface area contributed by atoms with Gasteiger partial charge in [-0.15, -0.1) is 0 Å². The Bertz CT molecular complexity index is 208. The molecule has 0 unspecified atom stereocenters. The van der Waals surface area contributed by atoms with Crippen LogP contribution in [0.1, 0.15) is 20.8 Å². The van der Waals surface area contributed by atoms with Gasteiger partial charge in [-0.25, -0.2) is 8.78 Å². The Morgan fingerprint density at radius 3 is 2.00 bits per heavy atom. The van der Waals surface area contributed by atoms with Gasteiger partial charge in [0.25, 0.3) is 0 Å². The van der Waals surface area contributed by atoms with E-state index in [-0.39, 0.29) is 0 Å². The van der Waals surface area contributed by atoms with Gasteiger partial charge in [0.15, 0.2) is 6.61 Å². The Morgan fingerprint density at radius 2 is 1.71 bits per heavy atom. The summed E-state index contributed by atoms with van der Waals surface area (Å²) in [6.07, 6.45) is -3.82. The van der Waals surface area contributed by atoms with Crippen molar-refractivity contribution in [2.24, 2.45) is 5.41 Å². The fourth-order valence-electron chi connectivity index (χ4n) is 0.441. The molecule has 0 aromatic carbocycles. The SMILES string of the molecule is CC(C)(C)C(=O)OCC(F)(F)C(F)F. The number of rotatable bonds is 3. The number of carbonyl (C=O) groups excluding carboxylic acids is 1. The highest BCUT2D eigenvalue weighted by molar-refractivity contribution is 5.75. The number of alkyl halides is 4. The highest BCUT2D eigenvalue weighted by Crippen LogP contribution is 2.24. The van der Waals surface area contributed by atoms with Crippen LogP contribution in [0.2, 0.25) is 0 Å². The average Bonchev–Trinajstić information content (AvgIpc) is 1.98. The van der Waals surface area contributed by atoms with Crippen molar-refractivity contribution >= 4 is 5.97 Å². The molecule has 0 heterocycles. The first-order valence-corrected chi connectivity index (χ1v) is 3.90. The number of hydrogen-bond donors (Lipinski definition) is 0. The molecule has 0 rings (SSSR count). The second-order valence-corrected chi connectivity index (χ2v) is 3.89. The van der Waals surface area contributed by atoms with Gasteiger partial charge in [0, 0.05) is 0 Å². The second-order valence-electron chi connectivity index (χ2n) is 3.89. The van der Waals surface area contributed by atoms with Gasteiger partial charge in [0.2, 0.25) is 0 Å². The summed E-state index contributed by atoms with van der Waals surface area (Å²) in [7, 11) is 0. The van der Waals surface area contributed by atoms with Crippen LogP contribution in [0, 0.1) is 5.41 Å². The first-order chi connectivity index (χ1) is 6.07. The van der Waals surface area contributed by atoms with Gasteiger partial charge in [-0.1, -0.05) is 0 Å². The molecular weight excluding hydrogens is 204 g/mol. The van der Waals surface area contributed by atoms with E-state index in [0.717, 1.165) is 0 Å². The largest absolute Gasteiger partial charge is 0.459 e. The predicted octanol–water partition coefficient (Wildman–Crippen LogP) is 2.48. The van der Waals surface area contributed by atoms with Crippen LogP contribution < -0.4 is 0 Å². The molecule has 0 aromatic rings. The van der Waals surface area contributed by atoms with Crippen molar-refractivity contribution in [1.82, 2.24) is 0 Å². The lowest BCUT2D eigenvalue weighted by Gasteiger charge is -2.20. The molecule has 0 saturated carbocycles. The van der Waals surface area contributed by atoms with Crippen LogP contribution in [-0.2, 0) is 9.53 Å². The quantitative estimate of drug-likeness (QED) is 0.535. The van der Waals surface area contributed by atoms with E-state index in [0.29, 0.717) is 0 Å². The number of ether oxygens (including phenoxy) is 1. The third-order valence-corrected chi connectivity index (χ3v) is 1.33. The maximum atomic E-state index is 12.3. The van der Waals surface area contributed by atoms with Gasteiger partial charge in [-0.05, 0) is 20.8 Å². The predicted molar refractivity (Wildman–Crippen MR) is 41.4 cm³/mol. The Morgan fingerprint density at radius 1 is 1.29 bits per heavy atom. The molecule has 6 heteroatoms. The van der Waals surface area contributed by atoms with E-state index in [9.17, 15) is 22.4 Å². The van der Waals surface area contributed by atoms with E-state index in [1.807, 2.05) is 0 Å². The summed E-state index contributed by atoms with van der Waals surface area (Å²) < 4.78 is 51.8. The van der Waals surface area contributed by atoms with E-state index in [1.165, 1.54) is 20.8 Å². The number of carbonyl (C=O) groups is 1. The Labute approximate surface area is 79.2 Å². The number of hydrogen-bond acceptors (Lipinski definition) is 2. The van der Waals surface area contributed by atoms with Gasteiger partial charge >= 0.3 is 18.3 Å². The standard InChI is InChI=1S/C8H12F4O2/c1-7(2,3)6(13)14-4-8(11,12)5(9)10/h5H,4H2,1-3H3. The van der Waals surface area contributed by atoms with Crippen molar-refractivity contribution in [3.63, 3.8) is 0 Å². The zero-order chi connectivity index (χ0) is 11.6. The van der Waals surface area contributed by atoms with E-state index >= 15 is 0 Å². The summed E-state index contributed by atoms with van der Waals surface area (Å²) in [5, 5.41) is 0. The number of esters is 1. The summed E-state index contributed by atoms with van der Waals surface area (Å²) in [5.74, 6) is -5.21.